The van der Waals surface area contributed by atoms with Crippen LogP contribution in [0.4, 0.5) is 4.39 Å². The lowest BCUT2D eigenvalue weighted by atomic mass is 9.92. The van der Waals surface area contributed by atoms with E-state index in [2.05, 4.69) is 0 Å². The SMILES string of the molecule is CN(CCCC(=O)O)C(=O)C1CC(=O)N(C)C1c1ccc(Cl)c(F)c1. The highest BCUT2D eigenvalue weighted by Crippen LogP contribution is 2.38. The van der Waals surface area contributed by atoms with Crippen molar-refractivity contribution in [2.75, 3.05) is 20.6 Å². The van der Waals surface area contributed by atoms with E-state index in [0.717, 1.165) is 0 Å². The number of halogens is 2. The number of benzene rings is 1. The molecular weight excluding hydrogens is 351 g/mol. The number of likely N-dealkylation sites (tertiary alicyclic amines) is 1. The van der Waals surface area contributed by atoms with Gasteiger partial charge in [-0.25, -0.2) is 4.39 Å². The Kier molecular flexibility index (Phi) is 6.00. The Bertz CT molecular complexity index is 697. The summed E-state index contributed by atoms with van der Waals surface area (Å²) in [6.45, 7) is 0.279. The van der Waals surface area contributed by atoms with Crippen molar-refractivity contribution in [2.45, 2.75) is 25.3 Å². The minimum atomic E-state index is -0.925. The number of carboxylic acid groups (broad SMARTS) is 1. The van der Waals surface area contributed by atoms with Gasteiger partial charge in [0.2, 0.25) is 11.8 Å². The molecule has 1 aliphatic rings. The second kappa shape index (κ2) is 7.82. The van der Waals surface area contributed by atoms with Crippen molar-refractivity contribution in [3.63, 3.8) is 0 Å². The van der Waals surface area contributed by atoms with E-state index in [4.69, 9.17) is 16.7 Å². The monoisotopic (exact) mass is 370 g/mol. The van der Waals surface area contributed by atoms with Crippen LogP contribution in [0.3, 0.4) is 0 Å². The van der Waals surface area contributed by atoms with Gasteiger partial charge in [0, 0.05) is 33.5 Å². The average Bonchev–Trinajstić information content (AvgIpc) is 2.84. The number of carbonyl (C=O) groups is 3. The lowest BCUT2D eigenvalue weighted by Gasteiger charge is -2.28. The predicted octanol–water partition coefficient (Wildman–Crippen LogP) is 2.32. The Hall–Kier alpha value is -2.15. The second-order valence-electron chi connectivity index (χ2n) is 6.19. The van der Waals surface area contributed by atoms with Crippen LogP contribution in [0, 0.1) is 11.7 Å². The van der Waals surface area contributed by atoms with E-state index in [0.29, 0.717) is 12.0 Å². The van der Waals surface area contributed by atoms with Gasteiger partial charge in [-0.15, -0.1) is 0 Å². The van der Waals surface area contributed by atoms with Gasteiger partial charge < -0.3 is 14.9 Å². The molecule has 0 aliphatic carbocycles. The molecule has 2 atom stereocenters. The highest BCUT2D eigenvalue weighted by molar-refractivity contribution is 6.30. The van der Waals surface area contributed by atoms with Crippen molar-refractivity contribution >= 4 is 29.4 Å². The van der Waals surface area contributed by atoms with Gasteiger partial charge in [-0.05, 0) is 24.1 Å². The number of amides is 2. The van der Waals surface area contributed by atoms with E-state index in [-0.39, 0.29) is 36.2 Å². The highest BCUT2D eigenvalue weighted by atomic mass is 35.5. The fourth-order valence-electron chi connectivity index (χ4n) is 3.10. The second-order valence-corrected chi connectivity index (χ2v) is 6.60. The Morgan fingerprint density at radius 1 is 1.44 bits per heavy atom. The molecule has 1 aliphatic heterocycles. The molecule has 1 aromatic rings. The number of nitrogens with zero attached hydrogens (tertiary/aromatic N) is 2. The van der Waals surface area contributed by atoms with Gasteiger partial charge in [0.1, 0.15) is 5.82 Å². The van der Waals surface area contributed by atoms with Crippen molar-refractivity contribution in [1.29, 1.82) is 0 Å². The van der Waals surface area contributed by atoms with Crippen LogP contribution in [0.5, 0.6) is 0 Å². The zero-order valence-corrected chi connectivity index (χ0v) is 14.8. The third kappa shape index (κ3) is 4.28. The number of hydrogen-bond donors (Lipinski definition) is 1. The molecule has 2 unspecified atom stereocenters. The maximum absolute atomic E-state index is 13.8. The molecule has 0 saturated carbocycles. The van der Waals surface area contributed by atoms with E-state index in [1.54, 1.807) is 20.2 Å². The quantitative estimate of drug-likeness (QED) is 0.833. The van der Waals surface area contributed by atoms with E-state index in [9.17, 15) is 18.8 Å². The van der Waals surface area contributed by atoms with Crippen LogP contribution in [-0.4, -0.2) is 53.3 Å². The minimum Gasteiger partial charge on any atom is -0.481 e. The summed E-state index contributed by atoms with van der Waals surface area (Å²) >= 11 is 5.71. The summed E-state index contributed by atoms with van der Waals surface area (Å²) in [6.07, 6.45) is 0.328. The molecule has 1 saturated heterocycles. The van der Waals surface area contributed by atoms with Crippen molar-refractivity contribution in [3.8, 4) is 0 Å². The van der Waals surface area contributed by atoms with Crippen LogP contribution >= 0.6 is 11.6 Å². The standard InChI is InChI=1S/C17H20ClFN2O4/c1-20(7-3-4-15(23)24)17(25)11-9-14(22)21(2)16(11)10-5-6-12(18)13(19)8-10/h5-6,8,11,16H,3-4,7,9H2,1-2H3,(H,23,24). The van der Waals surface area contributed by atoms with Crippen molar-refractivity contribution in [3.05, 3.63) is 34.6 Å². The normalized spacial score (nSPS) is 20.0. The fraction of sp³-hybridized carbons (Fsp3) is 0.471. The molecule has 2 amide bonds. The molecule has 8 heteroatoms. The van der Waals surface area contributed by atoms with Crippen molar-refractivity contribution in [2.24, 2.45) is 5.92 Å². The smallest absolute Gasteiger partial charge is 0.303 e. The lowest BCUT2D eigenvalue weighted by molar-refractivity contribution is -0.139. The first-order chi connectivity index (χ1) is 11.7. The molecule has 2 rings (SSSR count). The van der Waals surface area contributed by atoms with E-state index in [1.165, 1.54) is 21.9 Å². The van der Waals surface area contributed by atoms with Gasteiger partial charge in [-0.3, -0.25) is 14.4 Å². The number of rotatable bonds is 6. The van der Waals surface area contributed by atoms with Crippen LogP contribution in [0.15, 0.2) is 18.2 Å². The molecule has 25 heavy (non-hydrogen) atoms. The first-order valence-corrected chi connectivity index (χ1v) is 8.27. The molecule has 1 aromatic carbocycles. The molecule has 0 aromatic heterocycles. The third-order valence-electron chi connectivity index (χ3n) is 4.45. The number of aliphatic carboxylic acids is 1. The molecular formula is C17H20ClFN2O4. The molecule has 6 nitrogen and oxygen atoms in total. The summed E-state index contributed by atoms with van der Waals surface area (Å²) < 4.78 is 13.8. The van der Waals surface area contributed by atoms with E-state index in [1.807, 2.05) is 0 Å². The Labute approximate surface area is 150 Å². The fourth-order valence-corrected chi connectivity index (χ4v) is 3.22. The Balaban J connectivity index is 2.19. The summed E-state index contributed by atoms with van der Waals surface area (Å²) in [6, 6.07) is 3.68. The van der Waals surface area contributed by atoms with Crippen LogP contribution in [0.25, 0.3) is 0 Å². The maximum atomic E-state index is 13.8. The Morgan fingerprint density at radius 3 is 2.72 bits per heavy atom. The van der Waals surface area contributed by atoms with Crippen LogP contribution in [-0.2, 0) is 14.4 Å². The molecule has 1 N–H and O–H groups in total. The topological polar surface area (TPSA) is 77.9 Å². The van der Waals surface area contributed by atoms with Gasteiger partial charge in [0.25, 0.3) is 0 Å². The molecule has 0 spiro atoms. The molecule has 136 valence electrons. The summed E-state index contributed by atoms with van der Waals surface area (Å²) in [5.41, 5.74) is 0.507. The number of carbonyl (C=O) groups excluding carboxylic acids is 2. The van der Waals surface area contributed by atoms with Crippen molar-refractivity contribution in [1.82, 2.24) is 9.80 Å². The van der Waals surface area contributed by atoms with Crippen LogP contribution in [0.1, 0.15) is 30.9 Å². The molecule has 0 radical (unpaired) electrons. The lowest BCUT2D eigenvalue weighted by Crippen LogP contribution is -2.36. The zero-order chi connectivity index (χ0) is 18.7. The highest BCUT2D eigenvalue weighted by Gasteiger charge is 2.43. The average molecular weight is 371 g/mol. The van der Waals surface area contributed by atoms with Crippen LogP contribution in [0.2, 0.25) is 5.02 Å². The minimum absolute atomic E-state index is 0.0237. The van der Waals surface area contributed by atoms with E-state index < -0.39 is 23.7 Å². The van der Waals surface area contributed by atoms with Gasteiger partial charge in [-0.2, -0.15) is 0 Å². The number of hydrogen-bond acceptors (Lipinski definition) is 3. The van der Waals surface area contributed by atoms with Crippen molar-refractivity contribution < 1.29 is 23.9 Å². The van der Waals surface area contributed by atoms with Gasteiger partial charge in [0.05, 0.1) is 17.0 Å². The summed E-state index contributed by atoms with van der Waals surface area (Å²) in [5, 5.41) is 8.66. The maximum Gasteiger partial charge on any atom is 0.303 e. The summed E-state index contributed by atoms with van der Waals surface area (Å²) in [7, 11) is 3.16. The Morgan fingerprint density at radius 2 is 2.12 bits per heavy atom. The largest absolute Gasteiger partial charge is 0.481 e. The van der Waals surface area contributed by atoms with E-state index >= 15 is 0 Å². The molecule has 1 fully saturated rings. The summed E-state index contributed by atoms with van der Waals surface area (Å²) in [5.74, 6) is -2.63. The zero-order valence-electron chi connectivity index (χ0n) is 14.0. The summed E-state index contributed by atoms with van der Waals surface area (Å²) in [4.78, 5) is 38.3. The third-order valence-corrected chi connectivity index (χ3v) is 4.76. The van der Waals surface area contributed by atoms with Gasteiger partial charge >= 0.3 is 5.97 Å². The first-order valence-electron chi connectivity index (χ1n) is 7.89. The number of carboxylic acids is 1. The first kappa shape index (κ1) is 19.2. The van der Waals surface area contributed by atoms with Gasteiger partial charge in [0.15, 0.2) is 0 Å². The molecule has 1 heterocycles. The van der Waals surface area contributed by atoms with Gasteiger partial charge in [-0.1, -0.05) is 17.7 Å². The molecule has 0 bridgehead atoms. The predicted molar refractivity (Wildman–Crippen MR) is 89.5 cm³/mol. The van der Waals surface area contributed by atoms with Crippen LogP contribution < -0.4 is 0 Å².